The molecule has 0 unspecified atom stereocenters. The van der Waals surface area contributed by atoms with Gasteiger partial charge in [-0.1, -0.05) is 36.0 Å². The van der Waals surface area contributed by atoms with Crippen LogP contribution in [-0.2, 0) is 6.18 Å². The second-order valence-corrected chi connectivity index (χ2v) is 6.75. The second kappa shape index (κ2) is 6.43. The molecule has 1 saturated carbocycles. The van der Waals surface area contributed by atoms with E-state index in [4.69, 9.17) is 28.9 Å². The summed E-state index contributed by atoms with van der Waals surface area (Å²) in [5.74, 6) is 0.294. The Balaban J connectivity index is 2.16. The Bertz CT molecular complexity index is 838. The first kappa shape index (κ1) is 17.9. The number of halogens is 5. The fourth-order valence-electron chi connectivity index (χ4n) is 3.24. The number of hydrogen-bond acceptors (Lipinski definition) is 3. The van der Waals surface area contributed by atoms with Crippen LogP contribution < -0.4 is 5.73 Å². The van der Waals surface area contributed by atoms with Crippen molar-refractivity contribution in [2.24, 2.45) is 0 Å². The minimum atomic E-state index is -4.58. The average Bonchev–Trinajstić information content (AvgIpc) is 3.14. The van der Waals surface area contributed by atoms with Gasteiger partial charge in [0.15, 0.2) is 5.69 Å². The highest BCUT2D eigenvalue weighted by Gasteiger charge is 2.33. The van der Waals surface area contributed by atoms with Gasteiger partial charge in [0, 0.05) is 5.56 Å². The molecule has 25 heavy (non-hydrogen) atoms. The summed E-state index contributed by atoms with van der Waals surface area (Å²) < 4.78 is 39.8. The zero-order valence-corrected chi connectivity index (χ0v) is 14.4. The number of benzene rings is 1. The third-order valence-electron chi connectivity index (χ3n) is 4.38. The molecule has 0 atom stereocenters. The van der Waals surface area contributed by atoms with Gasteiger partial charge in [0.1, 0.15) is 17.6 Å². The fourth-order valence-corrected chi connectivity index (χ4v) is 3.89. The molecule has 0 saturated heterocycles. The fraction of sp³-hybridized carbons (Fsp3) is 0.375. The van der Waals surface area contributed by atoms with Crippen molar-refractivity contribution >= 4 is 29.0 Å². The maximum absolute atomic E-state index is 12.9. The summed E-state index contributed by atoms with van der Waals surface area (Å²) in [6.07, 6.45) is -0.740. The number of nitrogens with zero attached hydrogens (tertiary/aromatic N) is 3. The molecule has 1 aliphatic carbocycles. The topological polar surface area (TPSA) is 67.6 Å². The minimum Gasteiger partial charge on any atom is -0.383 e. The molecule has 1 aliphatic rings. The first-order chi connectivity index (χ1) is 11.7. The van der Waals surface area contributed by atoms with Crippen LogP contribution in [0.5, 0.6) is 0 Å². The predicted molar refractivity (Wildman–Crippen MR) is 88.9 cm³/mol. The van der Waals surface area contributed by atoms with Crippen LogP contribution in [0.4, 0.5) is 19.0 Å². The molecule has 1 aromatic carbocycles. The van der Waals surface area contributed by atoms with Crippen LogP contribution in [0.3, 0.4) is 0 Å². The monoisotopic (exact) mass is 388 g/mol. The molecular weight excluding hydrogens is 376 g/mol. The van der Waals surface area contributed by atoms with Crippen LogP contribution in [0.25, 0.3) is 5.69 Å². The van der Waals surface area contributed by atoms with Gasteiger partial charge in [0.2, 0.25) is 0 Å². The third kappa shape index (κ3) is 3.16. The lowest BCUT2D eigenvalue weighted by atomic mass is 9.97. The normalized spacial score (nSPS) is 15.5. The lowest BCUT2D eigenvalue weighted by molar-refractivity contribution is -0.137. The molecule has 4 nitrogen and oxygen atoms in total. The molecule has 0 radical (unpaired) electrons. The molecule has 0 spiro atoms. The first-order valence-electron chi connectivity index (χ1n) is 7.59. The molecule has 2 aromatic rings. The van der Waals surface area contributed by atoms with Gasteiger partial charge < -0.3 is 5.73 Å². The molecule has 1 fully saturated rings. The van der Waals surface area contributed by atoms with Gasteiger partial charge in [0.05, 0.1) is 15.6 Å². The van der Waals surface area contributed by atoms with Crippen molar-refractivity contribution in [2.75, 3.05) is 5.73 Å². The van der Waals surface area contributed by atoms with Crippen LogP contribution in [-0.4, -0.2) is 9.78 Å². The Kier molecular flexibility index (Phi) is 4.60. The van der Waals surface area contributed by atoms with Crippen molar-refractivity contribution in [3.8, 4) is 11.8 Å². The van der Waals surface area contributed by atoms with E-state index in [0.717, 1.165) is 42.5 Å². The largest absolute Gasteiger partial charge is 0.416 e. The summed E-state index contributed by atoms with van der Waals surface area (Å²) in [4.78, 5) is 0. The molecule has 0 amide bonds. The third-order valence-corrected chi connectivity index (χ3v) is 4.96. The summed E-state index contributed by atoms with van der Waals surface area (Å²) in [6, 6.07) is 3.54. The highest BCUT2D eigenvalue weighted by molar-refractivity contribution is 6.38. The highest BCUT2D eigenvalue weighted by atomic mass is 35.5. The number of alkyl halides is 3. The molecule has 1 heterocycles. The van der Waals surface area contributed by atoms with Gasteiger partial charge in [-0.3, -0.25) is 0 Å². The van der Waals surface area contributed by atoms with Gasteiger partial charge >= 0.3 is 6.18 Å². The Hall–Kier alpha value is -1.91. The summed E-state index contributed by atoms with van der Waals surface area (Å²) >= 11 is 12.1. The van der Waals surface area contributed by atoms with Gasteiger partial charge in [-0.05, 0) is 30.9 Å². The van der Waals surface area contributed by atoms with E-state index in [1.165, 1.54) is 0 Å². The zero-order valence-electron chi connectivity index (χ0n) is 12.9. The average molecular weight is 389 g/mol. The number of aromatic nitrogens is 2. The van der Waals surface area contributed by atoms with Crippen LogP contribution in [0, 0.1) is 11.3 Å². The summed E-state index contributed by atoms with van der Waals surface area (Å²) in [5.41, 5.74) is 6.00. The molecule has 2 N–H and O–H groups in total. The van der Waals surface area contributed by atoms with Crippen molar-refractivity contribution in [3.63, 3.8) is 0 Å². The molecule has 9 heteroatoms. The lowest BCUT2D eigenvalue weighted by Gasteiger charge is -2.14. The van der Waals surface area contributed by atoms with Crippen molar-refractivity contribution in [2.45, 2.75) is 37.8 Å². The standard InChI is InChI=1S/C16H13Cl2F3N4/c17-10-5-9(16(19,20)21)6-11(18)14(10)25-15(23)13(12(7-22)24-25)8-3-1-2-4-8/h5-6,8H,1-4,23H2. The van der Waals surface area contributed by atoms with Crippen LogP contribution in [0.2, 0.25) is 10.0 Å². The first-order valence-corrected chi connectivity index (χ1v) is 8.34. The zero-order chi connectivity index (χ0) is 18.4. The molecule has 1 aromatic heterocycles. The molecule has 132 valence electrons. The van der Waals surface area contributed by atoms with Crippen molar-refractivity contribution in [3.05, 3.63) is 39.0 Å². The highest BCUT2D eigenvalue weighted by Crippen LogP contribution is 2.42. The van der Waals surface area contributed by atoms with E-state index in [-0.39, 0.29) is 33.2 Å². The summed E-state index contributed by atoms with van der Waals surface area (Å²) in [6.45, 7) is 0. The van der Waals surface area contributed by atoms with Crippen LogP contribution in [0.1, 0.15) is 48.4 Å². The number of rotatable bonds is 2. The molecule has 0 bridgehead atoms. The quantitative estimate of drug-likeness (QED) is 0.757. The van der Waals surface area contributed by atoms with Crippen LogP contribution >= 0.6 is 23.2 Å². The van der Waals surface area contributed by atoms with E-state index >= 15 is 0 Å². The van der Waals surface area contributed by atoms with E-state index in [9.17, 15) is 18.4 Å². The van der Waals surface area contributed by atoms with Crippen molar-refractivity contribution < 1.29 is 13.2 Å². The number of nitrogen functional groups attached to an aromatic ring is 1. The minimum absolute atomic E-state index is 0.0366. The molecule has 0 aliphatic heterocycles. The Morgan fingerprint density at radius 2 is 1.76 bits per heavy atom. The Morgan fingerprint density at radius 1 is 1.20 bits per heavy atom. The van der Waals surface area contributed by atoms with Gasteiger partial charge in [0.25, 0.3) is 0 Å². The van der Waals surface area contributed by atoms with Gasteiger partial charge in [-0.2, -0.15) is 23.5 Å². The number of nitrogens with two attached hydrogens (primary N) is 1. The van der Waals surface area contributed by atoms with E-state index in [1.807, 2.05) is 6.07 Å². The summed E-state index contributed by atoms with van der Waals surface area (Å²) in [7, 11) is 0. The van der Waals surface area contributed by atoms with E-state index < -0.39 is 11.7 Å². The maximum Gasteiger partial charge on any atom is 0.416 e. The van der Waals surface area contributed by atoms with E-state index in [1.54, 1.807) is 0 Å². The van der Waals surface area contributed by atoms with Gasteiger partial charge in [-0.25, -0.2) is 4.68 Å². The second-order valence-electron chi connectivity index (χ2n) is 5.94. The van der Waals surface area contributed by atoms with E-state index in [0.29, 0.717) is 5.56 Å². The summed E-state index contributed by atoms with van der Waals surface area (Å²) in [5, 5.41) is 13.0. The van der Waals surface area contributed by atoms with Crippen molar-refractivity contribution in [1.82, 2.24) is 9.78 Å². The number of hydrogen-bond donors (Lipinski definition) is 1. The predicted octanol–water partition coefficient (Wildman–Crippen LogP) is 5.31. The molecule has 3 rings (SSSR count). The smallest absolute Gasteiger partial charge is 0.383 e. The number of nitriles is 1. The van der Waals surface area contributed by atoms with E-state index in [2.05, 4.69) is 5.10 Å². The van der Waals surface area contributed by atoms with Crippen LogP contribution in [0.15, 0.2) is 12.1 Å². The van der Waals surface area contributed by atoms with Gasteiger partial charge in [-0.15, -0.1) is 0 Å². The SMILES string of the molecule is N#Cc1nn(-c2c(Cl)cc(C(F)(F)F)cc2Cl)c(N)c1C1CCCC1. The molecular formula is C16H13Cl2F3N4. The number of anilines is 1. The Labute approximate surface area is 151 Å². The maximum atomic E-state index is 12.9. The lowest BCUT2D eigenvalue weighted by Crippen LogP contribution is -2.09. The Morgan fingerprint density at radius 3 is 2.24 bits per heavy atom. The van der Waals surface area contributed by atoms with Crippen molar-refractivity contribution in [1.29, 1.82) is 5.26 Å².